The van der Waals surface area contributed by atoms with E-state index in [0.717, 1.165) is 12.8 Å². The zero-order valence-electron chi connectivity index (χ0n) is 14.7. The van der Waals surface area contributed by atoms with Gasteiger partial charge in [0.1, 0.15) is 18.8 Å². The summed E-state index contributed by atoms with van der Waals surface area (Å²) in [7, 11) is 0. The van der Waals surface area contributed by atoms with E-state index < -0.39 is 5.79 Å². The summed E-state index contributed by atoms with van der Waals surface area (Å²) in [5.74, 6) is -0.944. The lowest BCUT2D eigenvalue weighted by Crippen LogP contribution is -2.45. The molecule has 0 aromatic rings. The van der Waals surface area contributed by atoms with Gasteiger partial charge in [0.15, 0.2) is 6.10 Å². The van der Waals surface area contributed by atoms with Crippen molar-refractivity contribution < 1.29 is 28.5 Å². The van der Waals surface area contributed by atoms with Gasteiger partial charge in [0, 0.05) is 6.42 Å². The maximum Gasteiger partial charge on any atom is 0.306 e. The molecule has 0 N–H and O–H groups in total. The maximum atomic E-state index is 12.0. The Hall–Kier alpha value is -0.690. The SMILES string of the molecule is CCCCCCCCCC(=O)O[C@@H]1CO[C@H]2[C@@H]1OCC21OCCO1. The van der Waals surface area contributed by atoms with Crippen molar-refractivity contribution in [2.24, 2.45) is 0 Å². The summed E-state index contributed by atoms with van der Waals surface area (Å²) in [4.78, 5) is 12.0. The number of esters is 1. The highest BCUT2D eigenvalue weighted by molar-refractivity contribution is 5.69. The highest BCUT2D eigenvalue weighted by atomic mass is 16.8. The summed E-state index contributed by atoms with van der Waals surface area (Å²) in [5.41, 5.74) is 0. The van der Waals surface area contributed by atoms with Crippen molar-refractivity contribution in [1.82, 2.24) is 0 Å². The summed E-state index contributed by atoms with van der Waals surface area (Å²) in [6.45, 7) is 4.02. The van der Waals surface area contributed by atoms with Crippen LogP contribution in [0.4, 0.5) is 0 Å². The maximum absolute atomic E-state index is 12.0. The van der Waals surface area contributed by atoms with Gasteiger partial charge >= 0.3 is 5.97 Å². The monoisotopic (exact) mass is 342 g/mol. The summed E-state index contributed by atoms with van der Waals surface area (Å²) >= 11 is 0. The predicted octanol–water partition coefficient (Wildman–Crippen LogP) is 2.58. The first kappa shape index (κ1) is 18.1. The van der Waals surface area contributed by atoms with Gasteiger partial charge in [-0.25, -0.2) is 0 Å². The normalized spacial score (nSPS) is 30.8. The topological polar surface area (TPSA) is 63.2 Å². The Labute approximate surface area is 144 Å². The number of ether oxygens (including phenoxy) is 5. The molecule has 1 spiro atoms. The van der Waals surface area contributed by atoms with Crippen LogP contribution >= 0.6 is 0 Å². The molecule has 0 saturated carbocycles. The molecule has 0 bridgehead atoms. The molecule has 0 amide bonds. The molecule has 0 aromatic heterocycles. The van der Waals surface area contributed by atoms with E-state index in [0.29, 0.717) is 32.8 Å². The van der Waals surface area contributed by atoms with E-state index >= 15 is 0 Å². The minimum atomic E-state index is -0.787. The van der Waals surface area contributed by atoms with E-state index in [4.69, 9.17) is 23.7 Å². The average Bonchev–Trinajstić information content (AvgIpc) is 3.28. The molecule has 24 heavy (non-hydrogen) atoms. The van der Waals surface area contributed by atoms with E-state index in [2.05, 4.69) is 6.92 Å². The molecule has 3 fully saturated rings. The smallest absolute Gasteiger partial charge is 0.306 e. The second-order valence-electron chi connectivity index (χ2n) is 6.94. The number of carbonyl (C=O) groups excluding carboxylic acids is 1. The van der Waals surface area contributed by atoms with Crippen LogP contribution in [0.3, 0.4) is 0 Å². The fourth-order valence-corrected chi connectivity index (χ4v) is 3.72. The molecular formula is C18H30O6. The summed E-state index contributed by atoms with van der Waals surface area (Å²) in [5, 5.41) is 0. The van der Waals surface area contributed by atoms with Crippen molar-refractivity contribution in [3.05, 3.63) is 0 Å². The van der Waals surface area contributed by atoms with Gasteiger partial charge < -0.3 is 23.7 Å². The third-order valence-corrected chi connectivity index (χ3v) is 5.06. The molecule has 3 aliphatic rings. The highest BCUT2D eigenvalue weighted by Gasteiger charge is 2.61. The first-order chi connectivity index (χ1) is 11.7. The van der Waals surface area contributed by atoms with Crippen molar-refractivity contribution in [1.29, 1.82) is 0 Å². The first-order valence-electron chi connectivity index (χ1n) is 9.46. The summed E-state index contributed by atoms with van der Waals surface area (Å²) in [6, 6.07) is 0. The van der Waals surface area contributed by atoms with Gasteiger partial charge in [-0.3, -0.25) is 4.79 Å². The zero-order chi connectivity index (χ0) is 16.8. The number of hydrogen-bond acceptors (Lipinski definition) is 6. The Bertz CT molecular complexity index is 406. The first-order valence-corrected chi connectivity index (χ1v) is 9.46. The standard InChI is InChI=1S/C18H30O6/c1-2-3-4-5-6-7-8-9-15(19)24-14-12-20-17-16(14)21-13-18(17)22-10-11-23-18/h14,16-17H,2-13H2,1H3/t14-,16-,17+/m1/s1. The Morgan fingerprint density at radius 1 is 1.04 bits per heavy atom. The minimum absolute atomic E-state index is 0.157. The number of unbranched alkanes of at least 4 members (excludes halogenated alkanes) is 6. The van der Waals surface area contributed by atoms with E-state index in [1.54, 1.807) is 0 Å². The van der Waals surface area contributed by atoms with E-state index in [1.165, 1.54) is 32.1 Å². The second kappa shape index (κ2) is 8.61. The van der Waals surface area contributed by atoms with Gasteiger partial charge in [0.05, 0.1) is 19.8 Å². The van der Waals surface area contributed by atoms with Crippen molar-refractivity contribution in [3.8, 4) is 0 Å². The van der Waals surface area contributed by atoms with Crippen molar-refractivity contribution in [2.45, 2.75) is 82.4 Å². The van der Waals surface area contributed by atoms with Crippen LogP contribution in [0.25, 0.3) is 0 Å². The van der Waals surface area contributed by atoms with Crippen molar-refractivity contribution in [3.63, 3.8) is 0 Å². The molecule has 3 atom stereocenters. The van der Waals surface area contributed by atoms with Crippen LogP contribution in [0.2, 0.25) is 0 Å². The van der Waals surface area contributed by atoms with Gasteiger partial charge in [-0.05, 0) is 6.42 Å². The van der Waals surface area contributed by atoms with Gasteiger partial charge in [0.2, 0.25) is 5.79 Å². The fraction of sp³-hybridized carbons (Fsp3) is 0.944. The summed E-state index contributed by atoms with van der Waals surface area (Å²) in [6.07, 6.45) is 7.86. The Balaban J connectivity index is 1.33. The van der Waals surface area contributed by atoms with Crippen LogP contribution in [-0.4, -0.2) is 56.5 Å². The molecule has 3 saturated heterocycles. The van der Waals surface area contributed by atoms with E-state index in [1.807, 2.05) is 0 Å². The molecule has 3 heterocycles. The van der Waals surface area contributed by atoms with Gasteiger partial charge in [-0.1, -0.05) is 45.4 Å². The number of carbonyl (C=O) groups is 1. The van der Waals surface area contributed by atoms with Crippen LogP contribution in [0.1, 0.15) is 58.3 Å². The van der Waals surface area contributed by atoms with Crippen LogP contribution in [0.15, 0.2) is 0 Å². The molecule has 6 heteroatoms. The quantitative estimate of drug-likeness (QED) is 0.474. The molecule has 0 aromatic carbocycles. The van der Waals surface area contributed by atoms with Crippen LogP contribution in [0.5, 0.6) is 0 Å². The Morgan fingerprint density at radius 2 is 1.75 bits per heavy atom. The zero-order valence-corrected chi connectivity index (χ0v) is 14.7. The molecule has 0 unspecified atom stereocenters. The highest BCUT2D eigenvalue weighted by Crippen LogP contribution is 2.40. The van der Waals surface area contributed by atoms with Gasteiger partial charge in [-0.15, -0.1) is 0 Å². The van der Waals surface area contributed by atoms with Crippen LogP contribution < -0.4 is 0 Å². The van der Waals surface area contributed by atoms with Gasteiger partial charge in [-0.2, -0.15) is 0 Å². The largest absolute Gasteiger partial charge is 0.457 e. The molecule has 138 valence electrons. The van der Waals surface area contributed by atoms with Crippen molar-refractivity contribution >= 4 is 5.97 Å². The van der Waals surface area contributed by atoms with E-state index in [9.17, 15) is 4.79 Å². The lowest BCUT2D eigenvalue weighted by Gasteiger charge is -2.25. The molecular weight excluding hydrogens is 312 g/mol. The average molecular weight is 342 g/mol. The molecule has 0 aliphatic carbocycles. The molecule has 3 rings (SSSR count). The number of fused-ring (bicyclic) bond motifs is 2. The fourth-order valence-electron chi connectivity index (χ4n) is 3.72. The molecule has 6 nitrogen and oxygen atoms in total. The van der Waals surface area contributed by atoms with Crippen LogP contribution in [-0.2, 0) is 28.5 Å². The van der Waals surface area contributed by atoms with Crippen molar-refractivity contribution in [2.75, 3.05) is 26.4 Å². The lowest BCUT2D eigenvalue weighted by molar-refractivity contribution is -0.207. The summed E-state index contributed by atoms with van der Waals surface area (Å²) < 4.78 is 28.4. The number of rotatable bonds is 9. The van der Waals surface area contributed by atoms with Crippen LogP contribution in [0, 0.1) is 0 Å². The predicted molar refractivity (Wildman–Crippen MR) is 86.6 cm³/mol. The third kappa shape index (κ3) is 4.10. The minimum Gasteiger partial charge on any atom is -0.457 e. The lowest BCUT2D eigenvalue weighted by atomic mass is 10.1. The van der Waals surface area contributed by atoms with Gasteiger partial charge in [0.25, 0.3) is 0 Å². The second-order valence-corrected chi connectivity index (χ2v) is 6.94. The van der Waals surface area contributed by atoms with E-state index in [-0.39, 0.29) is 24.3 Å². The number of hydrogen-bond donors (Lipinski definition) is 0. The Kier molecular flexibility index (Phi) is 6.49. The Morgan fingerprint density at radius 3 is 2.50 bits per heavy atom. The third-order valence-electron chi connectivity index (χ3n) is 5.06. The molecule has 0 radical (unpaired) electrons. The molecule has 3 aliphatic heterocycles.